The highest BCUT2D eigenvalue weighted by Gasteiger charge is 2.39. The zero-order valence-electron chi connectivity index (χ0n) is 13.8. The Morgan fingerprint density at radius 2 is 1.92 bits per heavy atom. The number of para-hydroxylation sites is 1. The summed E-state index contributed by atoms with van der Waals surface area (Å²) in [5.74, 6) is -0.483. The molecule has 1 fully saturated rings. The van der Waals surface area contributed by atoms with E-state index in [9.17, 15) is 18.0 Å². The minimum atomic E-state index is -4.74. The van der Waals surface area contributed by atoms with E-state index in [0.717, 1.165) is 0 Å². The van der Waals surface area contributed by atoms with Gasteiger partial charge in [0, 0.05) is 13.7 Å². The van der Waals surface area contributed by atoms with Gasteiger partial charge in [0.15, 0.2) is 0 Å². The molecule has 9 heteroatoms. The minimum Gasteiger partial charge on any atom is -0.406 e. The fourth-order valence-electron chi connectivity index (χ4n) is 2.76. The Morgan fingerprint density at radius 3 is 2.52 bits per heavy atom. The number of carbonyl (C=O) groups is 1. The summed E-state index contributed by atoms with van der Waals surface area (Å²) in [6, 6.07) is 5.90. The monoisotopic (exact) mass is 382 g/mol. The lowest BCUT2D eigenvalue weighted by Crippen LogP contribution is -2.54. The number of halogens is 4. The molecule has 1 aromatic rings. The molecule has 1 amide bonds. The Labute approximate surface area is 150 Å². The van der Waals surface area contributed by atoms with E-state index >= 15 is 0 Å². The van der Waals surface area contributed by atoms with Gasteiger partial charge in [0.1, 0.15) is 11.4 Å². The van der Waals surface area contributed by atoms with Crippen LogP contribution in [-0.2, 0) is 16.0 Å². The van der Waals surface area contributed by atoms with Crippen LogP contribution in [0.25, 0.3) is 0 Å². The third-order valence-electron chi connectivity index (χ3n) is 4.09. The summed E-state index contributed by atoms with van der Waals surface area (Å²) in [4.78, 5) is 12.4. The lowest BCUT2D eigenvalue weighted by molar-refractivity contribution is -0.274. The summed E-state index contributed by atoms with van der Waals surface area (Å²) in [7, 11) is 1.50. The molecule has 25 heavy (non-hydrogen) atoms. The van der Waals surface area contributed by atoms with Crippen LogP contribution in [0.5, 0.6) is 5.75 Å². The van der Waals surface area contributed by atoms with Crippen molar-refractivity contribution in [3.63, 3.8) is 0 Å². The molecule has 0 aromatic heterocycles. The number of piperidine rings is 1. The van der Waals surface area contributed by atoms with Crippen LogP contribution in [0.15, 0.2) is 24.3 Å². The zero-order chi connectivity index (χ0) is 17.6. The topological polar surface area (TPSA) is 59.6 Å². The molecule has 1 saturated heterocycles. The molecule has 1 aromatic carbocycles. The van der Waals surface area contributed by atoms with E-state index in [4.69, 9.17) is 4.74 Å². The largest absolute Gasteiger partial charge is 0.573 e. The number of carbonyl (C=O) groups excluding carboxylic acids is 1. The van der Waals surface area contributed by atoms with Gasteiger partial charge in [-0.15, -0.1) is 25.6 Å². The number of nitrogens with one attached hydrogen (secondary N) is 2. The molecule has 0 unspecified atom stereocenters. The summed E-state index contributed by atoms with van der Waals surface area (Å²) in [6.07, 6.45) is -3.39. The van der Waals surface area contributed by atoms with Gasteiger partial charge < -0.3 is 20.1 Å². The Morgan fingerprint density at radius 1 is 1.28 bits per heavy atom. The molecule has 1 heterocycles. The first kappa shape index (κ1) is 21.5. The zero-order valence-corrected chi connectivity index (χ0v) is 14.6. The number of benzene rings is 1. The summed E-state index contributed by atoms with van der Waals surface area (Å²) in [5, 5.41) is 5.91. The molecule has 0 aliphatic carbocycles. The molecular formula is C16H22ClF3N2O3. The van der Waals surface area contributed by atoms with E-state index < -0.39 is 12.0 Å². The van der Waals surface area contributed by atoms with Gasteiger partial charge in [0.2, 0.25) is 0 Å². The lowest BCUT2D eigenvalue weighted by atomic mass is 9.91. The van der Waals surface area contributed by atoms with Crippen LogP contribution < -0.4 is 15.4 Å². The van der Waals surface area contributed by atoms with Crippen molar-refractivity contribution in [2.45, 2.75) is 31.2 Å². The van der Waals surface area contributed by atoms with Crippen LogP contribution in [0.1, 0.15) is 18.4 Å². The van der Waals surface area contributed by atoms with Crippen molar-refractivity contribution in [2.24, 2.45) is 0 Å². The van der Waals surface area contributed by atoms with Crippen molar-refractivity contribution in [2.75, 3.05) is 26.7 Å². The maximum atomic E-state index is 12.4. The summed E-state index contributed by atoms with van der Waals surface area (Å²) < 4.78 is 46.6. The highest BCUT2D eigenvalue weighted by atomic mass is 35.5. The normalized spacial score (nSPS) is 16.6. The Kier molecular flexibility index (Phi) is 7.98. The van der Waals surface area contributed by atoms with Crippen LogP contribution in [0.3, 0.4) is 0 Å². The predicted molar refractivity (Wildman–Crippen MR) is 88.9 cm³/mol. The van der Waals surface area contributed by atoms with E-state index in [2.05, 4.69) is 15.4 Å². The number of ether oxygens (including phenoxy) is 2. The Bertz CT molecular complexity index is 564. The number of rotatable bonds is 6. The van der Waals surface area contributed by atoms with Gasteiger partial charge in [-0.2, -0.15) is 0 Å². The van der Waals surface area contributed by atoms with E-state index in [1.807, 2.05) is 0 Å². The molecule has 5 nitrogen and oxygen atoms in total. The number of alkyl halides is 3. The summed E-state index contributed by atoms with van der Waals surface area (Å²) in [5.41, 5.74) is -0.486. The van der Waals surface area contributed by atoms with Crippen molar-refractivity contribution in [3.8, 4) is 5.75 Å². The molecular weight excluding hydrogens is 361 g/mol. The average Bonchev–Trinajstić information content (AvgIpc) is 2.55. The quantitative estimate of drug-likeness (QED) is 0.793. The molecule has 1 aliphatic rings. The first-order chi connectivity index (χ1) is 11.4. The van der Waals surface area contributed by atoms with Gasteiger partial charge in [-0.25, -0.2) is 0 Å². The molecule has 0 atom stereocenters. The maximum Gasteiger partial charge on any atom is 0.573 e. The molecule has 0 radical (unpaired) electrons. The van der Waals surface area contributed by atoms with Crippen LogP contribution in [0.2, 0.25) is 0 Å². The Balaban J connectivity index is 0.00000312. The number of hydrogen-bond donors (Lipinski definition) is 2. The van der Waals surface area contributed by atoms with Crippen LogP contribution in [-0.4, -0.2) is 44.6 Å². The number of amides is 1. The average molecular weight is 383 g/mol. The second-order valence-electron chi connectivity index (χ2n) is 5.61. The Hall–Kier alpha value is -1.51. The fourth-order valence-corrected chi connectivity index (χ4v) is 2.76. The predicted octanol–water partition coefficient (Wildman–Crippen LogP) is 2.43. The number of hydrogen-bond acceptors (Lipinski definition) is 4. The summed E-state index contributed by atoms with van der Waals surface area (Å²) in [6.45, 7) is 1.57. The molecule has 0 bridgehead atoms. The van der Waals surface area contributed by atoms with Gasteiger partial charge in [-0.05, 0) is 44.0 Å². The van der Waals surface area contributed by atoms with E-state index in [-0.39, 0.29) is 37.0 Å². The van der Waals surface area contributed by atoms with Crippen molar-refractivity contribution in [1.82, 2.24) is 10.6 Å². The lowest BCUT2D eigenvalue weighted by Gasteiger charge is -2.34. The SMILES string of the molecule is COC1(C(=O)NCCc2ccccc2OC(F)(F)F)CCNCC1.Cl. The second-order valence-corrected chi connectivity index (χ2v) is 5.61. The fraction of sp³-hybridized carbons (Fsp3) is 0.562. The third kappa shape index (κ3) is 6.05. The molecule has 0 spiro atoms. The van der Waals surface area contributed by atoms with Crippen LogP contribution >= 0.6 is 12.4 Å². The van der Waals surface area contributed by atoms with Crippen molar-refractivity contribution < 1.29 is 27.4 Å². The number of methoxy groups -OCH3 is 1. The standard InChI is InChI=1S/C16H21F3N2O3.ClH/c1-23-15(7-10-20-11-8-15)14(22)21-9-6-12-4-2-3-5-13(12)24-16(17,18)19;/h2-5,20H,6-11H2,1H3,(H,21,22);1H. The molecule has 2 N–H and O–H groups in total. The van der Waals surface area contributed by atoms with Gasteiger partial charge in [-0.1, -0.05) is 18.2 Å². The van der Waals surface area contributed by atoms with E-state index in [1.54, 1.807) is 12.1 Å². The highest BCUT2D eigenvalue weighted by Crippen LogP contribution is 2.26. The smallest absolute Gasteiger partial charge is 0.406 e. The molecule has 0 saturated carbocycles. The van der Waals surface area contributed by atoms with E-state index in [1.165, 1.54) is 19.2 Å². The van der Waals surface area contributed by atoms with Crippen molar-refractivity contribution >= 4 is 18.3 Å². The summed E-state index contributed by atoms with van der Waals surface area (Å²) >= 11 is 0. The van der Waals surface area contributed by atoms with Crippen molar-refractivity contribution in [1.29, 1.82) is 0 Å². The van der Waals surface area contributed by atoms with Gasteiger partial charge in [0.05, 0.1) is 0 Å². The first-order valence-electron chi connectivity index (χ1n) is 7.74. The van der Waals surface area contributed by atoms with Gasteiger partial charge in [-0.3, -0.25) is 4.79 Å². The van der Waals surface area contributed by atoms with Crippen molar-refractivity contribution in [3.05, 3.63) is 29.8 Å². The highest BCUT2D eigenvalue weighted by molar-refractivity contribution is 5.85. The molecule has 2 rings (SSSR count). The van der Waals surface area contributed by atoms with E-state index in [0.29, 0.717) is 31.5 Å². The minimum absolute atomic E-state index is 0. The molecule has 142 valence electrons. The molecule has 1 aliphatic heterocycles. The first-order valence-corrected chi connectivity index (χ1v) is 7.74. The van der Waals surface area contributed by atoms with Gasteiger partial charge >= 0.3 is 6.36 Å². The maximum absolute atomic E-state index is 12.4. The van der Waals surface area contributed by atoms with Crippen LogP contribution in [0, 0.1) is 0 Å². The second kappa shape index (κ2) is 9.26. The third-order valence-corrected chi connectivity index (χ3v) is 4.09. The van der Waals surface area contributed by atoms with Gasteiger partial charge in [0.25, 0.3) is 5.91 Å². The van der Waals surface area contributed by atoms with Crippen LogP contribution in [0.4, 0.5) is 13.2 Å².